The lowest BCUT2D eigenvalue weighted by molar-refractivity contribution is 0.402. The summed E-state index contributed by atoms with van der Waals surface area (Å²) in [6.07, 6.45) is 0. The van der Waals surface area contributed by atoms with Crippen molar-refractivity contribution < 1.29 is 0 Å². The van der Waals surface area contributed by atoms with Crippen molar-refractivity contribution in [3.63, 3.8) is 0 Å². The van der Waals surface area contributed by atoms with Gasteiger partial charge in [0.05, 0.1) is 6.04 Å². The first-order chi connectivity index (χ1) is 9.04. The standard InChI is InChI=1S/C15H19BrN2S/c1-11(15-8-13(16)10-19-15)17-14-6-4-5-12(7-14)9-18(2)3/h4-8,10-11,17H,9H2,1-3H3. The van der Waals surface area contributed by atoms with Crippen LogP contribution < -0.4 is 5.32 Å². The number of halogens is 1. The van der Waals surface area contributed by atoms with E-state index in [1.807, 2.05) is 0 Å². The summed E-state index contributed by atoms with van der Waals surface area (Å²) >= 11 is 5.28. The minimum atomic E-state index is 0.325. The smallest absolute Gasteiger partial charge is 0.0578 e. The summed E-state index contributed by atoms with van der Waals surface area (Å²) in [4.78, 5) is 3.52. The van der Waals surface area contributed by atoms with Gasteiger partial charge in [0.2, 0.25) is 0 Å². The average Bonchev–Trinajstić information content (AvgIpc) is 2.75. The number of benzene rings is 1. The topological polar surface area (TPSA) is 15.3 Å². The first kappa shape index (κ1) is 14.6. The van der Waals surface area contributed by atoms with Crippen LogP contribution in [0.15, 0.2) is 40.2 Å². The maximum absolute atomic E-state index is 3.56. The number of thiophene rings is 1. The summed E-state index contributed by atoms with van der Waals surface area (Å²) in [6, 6.07) is 11.1. The lowest BCUT2D eigenvalue weighted by Crippen LogP contribution is -2.11. The zero-order valence-corrected chi connectivity index (χ0v) is 13.9. The van der Waals surface area contributed by atoms with Crippen molar-refractivity contribution in [2.75, 3.05) is 19.4 Å². The Labute approximate surface area is 127 Å². The molecule has 0 saturated carbocycles. The molecule has 0 aliphatic heterocycles. The molecular formula is C15H19BrN2S. The second-order valence-corrected chi connectivity index (χ2v) is 6.83. The van der Waals surface area contributed by atoms with Crippen molar-refractivity contribution >= 4 is 33.0 Å². The van der Waals surface area contributed by atoms with Gasteiger partial charge in [0.1, 0.15) is 0 Å². The van der Waals surface area contributed by atoms with Crippen molar-refractivity contribution in [3.8, 4) is 0 Å². The summed E-state index contributed by atoms with van der Waals surface area (Å²) in [5.74, 6) is 0. The summed E-state index contributed by atoms with van der Waals surface area (Å²) < 4.78 is 1.16. The molecule has 0 fully saturated rings. The van der Waals surface area contributed by atoms with Crippen molar-refractivity contribution in [1.29, 1.82) is 0 Å². The number of nitrogens with one attached hydrogen (secondary N) is 1. The van der Waals surface area contributed by atoms with E-state index in [0.717, 1.165) is 11.0 Å². The highest BCUT2D eigenvalue weighted by atomic mass is 79.9. The number of anilines is 1. The first-order valence-electron chi connectivity index (χ1n) is 6.29. The van der Waals surface area contributed by atoms with E-state index in [2.05, 4.69) is 82.9 Å². The summed E-state index contributed by atoms with van der Waals surface area (Å²) in [5, 5.41) is 5.68. The van der Waals surface area contributed by atoms with Crippen LogP contribution in [0.1, 0.15) is 23.4 Å². The molecule has 0 spiro atoms. The van der Waals surface area contributed by atoms with Gasteiger partial charge in [-0.25, -0.2) is 0 Å². The highest BCUT2D eigenvalue weighted by molar-refractivity contribution is 9.10. The Bertz CT molecular complexity index is 536. The largest absolute Gasteiger partial charge is 0.378 e. The normalized spacial score (nSPS) is 12.7. The van der Waals surface area contributed by atoms with Crippen LogP contribution in [0.3, 0.4) is 0 Å². The van der Waals surface area contributed by atoms with Gasteiger partial charge in [-0.05, 0) is 60.7 Å². The molecule has 2 aromatic rings. The fourth-order valence-corrected chi connectivity index (χ4v) is 3.45. The van der Waals surface area contributed by atoms with Crippen molar-refractivity contribution in [3.05, 3.63) is 50.6 Å². The molecule has 2 nitrogen and oxygen atoms in total. The zero-order valence-electron chi connectivity index (χ0n) is 11.5. The average molecular weight is 339 g/mol. The lowest BCUT2D eigenvalue weighted by atomic mass is 10.1. The Kier molecular flexibility index (Phi) is 5.02. The van der Waals surface area contributed by atoms with Gasteiger partial charge in [-0.15, -0.1) is 11.3 Å². The molecule has 0 radical (unpaired) electrons. The molecule has 0 bridgehead atoms. The molecule has 1 aromatic carbocycles. The number of hydrogen-bond acceptors (Lipinski definition) is 3. The molecule has 0 saturated heterocycles. The summed E-state index contributed by atoms with van der Waals surface area (Å²) in [5.41, 5.74) is 2.51. The van der Waals surface area contributed by atoms with Crippen molar-refractivity contribution in [1.82, 2.24) is 4.90 Å². The van der Waals surface area contributed by atoms with E-state index >= 15 is 0 Å². The monoisotopic (exact) mass is 338 g/mol. The Balaban J connectivity index is 2.06. The van der Waals surface area contributed by atoms with Crippen molar-refractivity contribution in [2.24, 2.45) is 0 Å². The van der Waals surface area contributed by atoms with Crippen LogP contribution >= 0.6 is 27.3 Å². The van der Waals surface area contributed by atoms with E-state index in [0.29, 0.717) is 6.04 Å². The summed E-state index contributed by atoms with van der Waals surface area (Å²) in [6.45, 7) is 3.16. The third-order valence-electron chi connectivity index (χ3n) is 2.82. The van der Waals surface area contributed by atoms with E-state index in [1.54, 1.807) is 11.3 Å². The summed E-state index contributed by atoms with van der Waals surface area (Å²) in [7, 11) is 4.18. The Morgan fingerprint density at radius 3 is 2.74 bits per heavy atom. The predicted octanol–water partition coefficient (Wildman–Crippen LogP) is 4.75. The minimum absolute atomic E-state index is 0.325. The second-order valence-electron chi connectivity index (χ2n) is 4.97. The third kappa shape index (κ3) is 4.34. The molecule has 1 heterocycles. The van der Waals surface area contributed by atoms with Crippen LogP contribution in [0.25, 0.3) is 0 Å². The van der Waals surface area contributed by atoms with Gasteiger partial charge in [-0.1, -0.05) is 12.1 Å². The zero-order chi connectivity index (χ0) is 13.8. The number of hydrogen-bond donors (Lipinski definition) is 1. The minimum Gasteiger partial charge on any atom is -0.378 e. The fraction of sp³-hybridized carbons (Fsp3) is 0.333. The molecule has 19 heavy (non-hydrogen) atoms. The Morgan fingerprint density at radius 1 is 1.32 bits per heavy atom. The van der Waals surface area contributed by atoms with Gasteiger partial charge >= 0.3 is 0 Å². The lowest BCUT2D eigenvalue weighted by Gasteiger charge is -2.16. The van der Waals surface area contributed by atoms with Gasteiger partial charge in [0.25, 0.3) is 0 Å². The second kappa shape index (κ2) is 6.55. The van der Waals surface area contributed by atoms with Gasteiger partial charge in [0.15, 0.2) is 0 Å². The molecule has 0 aliphatic carbocycles. The third-order valence-corrected chi connectivity index (χ3v) is 4.70. The van der Waals surface area contributed by atoms with E-state index in [1.165, 1.54) is 16.1 Å². The highest BCUT2D eigenvalue weighted by Crippen LogP contribution is 2.28. The van der Waals surface area contributed by atoms with Crippen molar-refractivity contribution in [2.45, 2.75) is 19.5 Å². The first-order valence-corrected chi connectivity index (χ1v) is 7.96. The number of nitrogens with zero attached hydrogens (tertiary/aromatic N) is 1. The van der Waals surface area contributed by atoms with Gasteiger partial charge in [0, 0.05) is 27.0 Å². The van der Waals surface area contributed by atoms with Crippen LogP contribution in [-0.2, 0) is 6.54 Å². The maximum Gasteiger partial charge on any atom is 0.0578 e. The van der Waals surface area contributed by atoms with Crippen LogP contribution in [0.2, 0.25) is 0 Å². The van der Waals surface area contributed by atoms with Gasteiger partial charge in [-0.3, -0.25) is 0 Å². The SMILES string of the molecule is CC(Nc1cccc(CN(C)C)c1)c1cc(Br)cs1. The molecule has 102 valence electrons. The molecule has 1 aromatic heterocycles. The van der Waals surface area contributed by atoms with E-state index < -0.39 is 0 Å². The van der Waals surface area contributed by atoms with Gasteiger partial charge < -0.3 is 10.2 Å². The molecule has 2 rings (SSSR count). The van der Waals surface area contributed by atoms with E-state index in [4.69, 9.17) is 0 Å². The van der Waals surface area contributed by atoms with Gasteiger partial charge in [-0.2, -0.15) is 0 Å². The molecule has 1 atom stereocenters. The molecule has 0 aliphatic rings. The Morgan fingerprint density at radius 2 is 2.11 bits per heavy atom. The van der Waals surface area contributed by atoms with Crippen LogP contribution in [0.5, 0.6) is 0 Å². The quantitative estimate of drug-likeness (QED) is 0.846. The van der Waals surface area contributed by atoms with E-state index in [-0.39, 0.29) is 0 Å². The predicted molar refractivity (Wildman–Crippen MR) is 87.9 cm³/mol. The molecule has 1 unspecified atom stereocenters. The maximum atomic E-state index is 3.56. The van der Waals surface area contributed by atoms with Crippen LogP contribution in [0, 0.1) is 0 Å². The highest BCUT2D eigenvalue weighted by Gasteiger charge is 2.08. The molecule has 4 heteroatoms. The number of rotatable bonds is 5. The molecular weight excluding hydrogens is 320 g/mol. The Hall–Kier alpha value is -0.840. The fourth-order valence-electron chi connectivity index (χ4n) is 2.00. The van der Waals surface area contributed by atoms with E-state index in [9.17, 15) is 0 Å². The van der Waals surface area contributed by atoms with Crippen LogP contribution in [0.4, 0.5) is 5.69 Å². The molecule has 1 N–H and O–H groups in total. The van der Waals surface area contributed by atoms with Crippen LogP contribution in [-0.4, -0.2) is 19.0 Å². The molecule has 0 amide bonds.